The SMILES string of the molecule is COc1ccccc1N1CCC(CNC(=O)NCc2ccc(C)cc2)C1. The van der Waals surface area contributed by atoms with Gasteiger partial charge in [0.05, 0.1) is 12.8 Å². The summed E-state index contributed by atoms with van der Waals surface area (Å²) in [6.45, 7) is 5.20. The van der Waals surface area contributed by atoms with E-state index in [1.54, 1.807) is 7.11 Å². The third-order valence-corrected chi connectivity index (χ3v) is 4.84. The molecule has 2 N–H and O–H groups in total. The van der Waals surface area contributed by atoms with Crippen LogP contribution in [0.25, 0.3) is 0 Å². The zero-order chi connectivity index (χ0) is 18.4. The lowest BCUT2D eigenvalue weighted by atomic mass is 10.1. The Kier molecular flexibility index (Phi) is 6.00. The van der Waals surface area contributed by atoms with E-state index in [4.69, 9.17) is 4.74 Å². The average molecular weight is 353 g/mol. The number of urea groups is 1. The molecule has 3 rings (SSSR count). The number of carbonyl (C=O) groups is 1. The quantitative estimate of drug-likeness (QED) is 0.838. The van der Waals surface area contributed by atoms with Gasteiger partial charge in [0, 0.05) is 26.2 Å². The van der Waals surface area contributed by atoms with E-state index in [0.29, 0.717) is 19.0 Å². The Hall–Kier alpha value is -2.69. The Morgan fingerprint density at radius 1 is 1.15 bits per heavy atom. The van der Waals surface area contributed by atoms with Gasteiger partial charge in [0.2, 0.25) is 0 Å². The van der Waals surface area contributed by atoms with Crippen LogP contribution in [0.3, 0.4) is 0 Å². The molecule has 0 aromatic heterocycles. The van der Waals surface area contributed by atoms with E-state index in [-0.39, 0.29) is 6.03 Å². The molecule has 5 heteroatoms. The lowest BCUT2D eigenvalue weighted by molar-refractivity contribution is 0.239. The van der Waals surface area contributed by atoms with Gasteiger partial charge in [0.1, 0.15) is 5.75 Å². The van der Waals surface area contributed by atoms with E-state index in [1.165, 1.54) is 5.56 Å². The van der Waals surface area contributed by atoms with Crippen LogP contribution in [0.2, 0.25) is 0 Å². The maximum absolute atomic E-state index is 12.0. The van der Waals surface area contributed by atoms with E-state index in [1.807, 2.05) is 30.3 Å². The van der Waals surface area contributed by atoms with Crippen LogP contribution in [0.15, 0.2) is 48.5 Å². The molecule has 2 amide bonds. The molecular formula is C21H27N3O2. The number of amides is 2. The molecule has 2 aromatic rings. The Bertz CT molecular complexity index is 730. The number of para-hydroxylation sites is 2. The Morgan fingerprint density at radius 2 is 1.92 bits per heavy atom. The van der Waals surface area contributed by atoms with E-state index in [9.17, 15) is 4.79 Å². The highest BCUT2D eigenvalue weighted by atomic mass is 16.5. The van der Waals surface area contributed by atoms with Gasteiger partial charge in [-0.15, -0.1) is 0 Å². The van der Waals surface area contributed by atoms with Crippen molar-refractivity contribution >= 4 is 11.7 Å². The predicted molar refractivity (Wildman–Crippen MR) is 105 cm³/mol. The second kappa shape index (κ2) is 8.61. The molecule has 1 heterocycles. The maximum atomic E-state index is 12.0. The minimum atomic E-state index is -0.110. The second-order valence-corrected chi connectivity index (χ2v) is 6.82. The molecule has 1 aliphatic rings. The van der Waals surface area contributed by atoms with Gasteiger partial charge in [-0.25, -0.2) is 4.79 Å². The van der Waals surface area contributed by atoms with Gasteiger partial charge >= 0.3 is 6.03 Å². The summed E-state index contributed by atoms with van der Waals surface area (Å²) in [5.74, 6) is 1.35. The largest absolute Gasteiger partial charge is 0.495 e. The van der Waals surface area contributed by atoms with Crippen molar-refractivity contribution in [3.8, 4) is 5.75 Å². The van der Waals surface area contributed by atoms with E-state index < -0.39 is 0 Å². The summed E-state index contributed by atoms with van der Waals surface area (Å²) in [7, 11) is 1.70. The number of nitrogens with one attached hydrogen (secondary N) is 2. The van der Waals surface area contributed by atoms with Crippen molar-refractivity contribution in [3.63, 3.8) is 0 Å². The third-order valence-electron chi connectivity index (χ3n) is 4.84. The number of ether oxygens (including phenoxy) is 1. The number of carbonyl (C=O) groups excluding carboxylic acids is 1. The Balaban J connectivity index is 1.42. The van der Waals surface area contributed by atoms with Gasteiger partial charge < -0.3 is 20.3 Å². The summed E-state index contributed by atoms with van der Waals surface area (Å²) >= 11 is 0. The first-order chi connectivity index (χ1) is 12.7. The van der Waals surface area contributed by atoms with Crippen LogP contribution in [-0.2, 0) is 6.54 Å². The molecule has 5 nitrogen and oxygen atoms in total. The highest BCUT2D eigenvalue weighted by molar-refractivity contribution is 5.73. The monoisotopic (exact) mass is 353 g/mol. The number of hydrogen-bond acceptors (Lipinski definition) is 3. The molecule has 0 spiro atoms. The second-order valence-electron chi connectivity index (χ2n) is 6.82. The highest BCUT2D eigenvalue weighted by Crippen LogP contribution is 2.31. The van der Waals surface area contributed by atoms with Crippen LogP contribution in [-0.4, -0.2) is 32.8 Å². The zero-order valence-electron chi connectivity index (χ0n) is 15.5. The normalized spacial score (nSPS) is 16.4. The number of anilines is 1. The first-order valence-corrected chi connectivity index (χ1v) is 9.11. The van der Waals surface area contributed by atoms with Crippen molar-refractivity contribution in [2.75, 3.05) is 31.6 Å². The van der Waals surface area contributed by atoms with E-state index in [2.05, 4.69) is 40.7 Å². The van der Waals surface area contributed by atoms with Crippen molar-refractivity contribution in [2.45, 2.75) is 19.9 Å². The molecule has 0 aliphatic carbocycles. The van der Waals surface area contributed by atoms with Crippen LogP contribution >= 0.6 is 0 Å². The molecule has 1 atom stereocenters. The predicted octanol–water partition coefficient (Wildman–Crippen LogP) is 3.33. The lowest BCUT2D eigenvalue weighted by Crippen LogP contribution is -2.38. The highest BCUT2D eigenvalue weighted by Gasteiger charge is 2.24. The van der Waals surface area contributed by atoms with Gasteiger partial charge in [0.15, 0.2) is 0 Å². The van der Waals surface area contributed by atoms with Crippen LogP contribution in [0.5, 0.6) is 5.75 Å². The summed E-state index contributed by atoms with van der Waals surface area (Å²) in [6, 6.07) is 16.2. The number of nitrogens with zero attached hydrogens (tertiary/aromatic N) is 1. The molecular weight excluding hydrogens is 326 g/mol. The van der Waals surface area contributed by atoms with Gasteiger partial charge in [-0.05, 0) is 37.0 Å². The van der Waals surface area contributed by atoms with Crippen LogP contribution in [0, 0.1) is 12.8 Å². The smallest absolute Gasteiger partial charge is 0.315 e. The maximum Gasteiger partial charge on any atom is 0.315 e. The van der Waals surface area contributed by atoms with Crippen molar-refractivity contribution in [1.29, 1.82) is 0 Å². The third kappa shape index (κ3) is 4.69. The fraction of sp³-hybridized carbons (Fsp3) is 0.381. The summed E-state index contributed by atoms with van der Waals surface area (Å²) in [5, 5.41) is 5.92. The van der Waals surface area contributed by atoms with Crippen LogP contribution < -0.4 is 20.3 Å². The Morgan fingerprint density at radius 3 is 2.69 bits per heavy atom. The fourth-order valence-corrected chi connectivity index (χ4v) is 3.30. The molecule has 0 saturated carbocycles. The van der Waals surface area contributed by atoms with Gasteiger partial charge in [-0.2, -0.15) is 0 Å². The summed E-state index contributed by atoms with van der Waals surface area (Å²) in [6.07, 6.45) is 1.07. The van der Waals surface area contributed by atoms with Crippen LogP contribution in [0.4, 0.5) is 10.5 Å². The van der Waals surface area contributed by atoms with Gasteiger partial charge in [-0.3, -0.25) is 0 Å². The average Bonchev–Trinajstić information content (AvgIpc) is 3.14. The molecule has 26 heavy (non-hydrogen) atoms. The number of methoxy groups -OCH3 is 1. The van der Waals surface area contributed by atoms with Crippen molar-refractivity contribution in [3.05, 3.63) is 59.7 Å². The van der Waals surface area contributed by atoms with Gasteiger partial charge in [0.25, 0.3) is 0 Å². The first kappa shape index (κ1) is 18.1. The minimum Gasteiger partial charge on any atom is -0.495 e. The van der Waals surface area contributed by atoms with Crippen molar-refractivity contribution in [2.24, 2.45) is 5.92 Å². The number of benzene rings is 2. The van der Waals surface area contributed by atoms with Crippen LogP contribution in [0.1, 0.15) is 17.5 Å². The first-order valence-electron chi connectivity index (χ1n) is 9.11. The van der Waals surface area contributed by atoms with Crippen molar-refractivity contribution < 1.29 is 9.53 Å². The zero-order valence-corrected chi connectivity index (χ0v) is 15.5. The number of rotatable bonds is 6. The minimum absolute atomic E-state index is 0.110. The van der Waals surface area contributed by atoms with E-state index >= 15 is 0 Å². The topological polar surface area (TPSA) is 53.6 Å². The standard InChI is InChI=1S/C21H27N3O2/c1-16-7-9-17(10-8-16)13-22-21(25)23-14-18-11-12-24(15-18)19-5-3-4-6-20(19)26-2/h3-10,18H,11-15H2,1-2H3,(H2,22,23,25). The molecule has 2 aromatic carbocycles. The molecule has 1 saturated heterocycles. The molecule has 1 unspecified atom stereocenters. The summed E-state index contributed by atoms with van der Waals surface area (Å²) in [5.41, 5.74) is 3.45. The van der Waals surface area contributed by atoms with Crippen molar-refractivity contribution in [1.82, 2.24) is 10.6 Å². The number of hydrogen-bond donors (Lipinski definition) is 2. The number of aryl methyl sites for hydroxylation is 1. The van der Waals surface area contributed by atoms with E-state index in [0.717, 1.165) is 36.5 Å². The van der Waals surface area contributed by atoms with Gasteiger partial charge in [-0.1, -0.05) is 42.0 Å². The Labute approximate surface area is 155 Å². The molecule has 1 fully saturated rings. The summed E-state index contributed by atoms with van der Waals surface area (Å²) in [4.78, 5) is 14.4. The summed E-state index contributed by atoms with van der Waals surface area (Å²) < 4.78 is 5.45. The lowest BCUT2D eigenvalue weighted by Gasteiger charge is -2.21. The molecule has 0 radical (unpaired) electrons. The molecule has 0 bridgehead atoms. The molecule has 1 aliphatic heterocycles. The molecule has 138 valence electrons. The fourth-order valence-electron chi connectivity index (χ4n) is 3.30.